The molecular weight excluding hydrogens is 480 g/mol. The highest BCUT2D eigenvalue weighted by Gasteiger charge is 2.45. The Morgan fingerprint density at radius 1 is 1.18 bits per heavy atom. The lowest BCUT2D eigenvalue weighted by Gasteiger charge is -2.18. The number of aliphatic carboxylic acids is 1. The Hall–Kier alpha value is -4.65. The van der Waals surface area contributed by atoms with E-state index in [1.165, 1.54) is 6.21 Å². The summed E-state index contributed by atoms with van der Waals surface area (Å²) >= 11 is 0. The second-order valence-electron chi connectivity index (χ2n) is 10.4. The first kappa shape index (κ1) is 26.4. The first-order valence-corrected chi connectivity index (χ1v) is 12.2. The number of carbonyl (C=O) groups is 1. The van der Waals surface area contributed by atoms with E-state index in [-0.39, 0.29) is 17.8 Å². The van der Waals surface area contributed by atoms with Gasteiger partial charge in [0.15, 0.2) is 0 Å². The van der Waals surface area contributed by atoms with Crippen molar-refractivity contribution < 1.29 is 9.90 Å². The number of nitrogens with two attached hydrogens (primary N) is 1. The lowest BCUT2D eigenvalue weighted by Crippen LogP contribution is -2.26. The number of hydrazone groups is 1. The van der Waals surface area contributed by atoms with Crippen molar-refractivity contribution in [2.45, 2.75) is 57.5 Å². The molecule has 0 bridgehead atoms. The summed E-state index contributed by atoms with van der Waals surface area (Å²) in [5, 5.41) is 25.8. The van der Waals surface area contributed by atoms with E-state index in [0.29, 0.717) is 47.6 Å². The van der Waals surface area contributed by atoms with E-state index in [9.17, 15) is 15.2 Å². The smallest absolute Gasteiger partial charge is 0.305 e. The summed E-state index contributed by atoms with van der Waals surface area (Å²) in [6, 6.07) is 16.8. The maximum Gasteiger partial charge on any atom is 0.305 e. The second kappa shape index (κ2) is 10.8. The minimum Gasteiger partial charge on any atom is -0.481 e. The van der Waals surface area contributed by atoms with E-state index in [0.717, 1.165) is 11.4 Å². The first-order chi connectivity index (χ1) is 18.1. The summed E-state index contributed by atoms with van der Waals surface area (Å²) in [6.07, 6.45) is 2.90. The number of hydrogen-bond donors (Lipinski definition) is 3. The van der Waals surface area contributed by atoms with Crippen molar-refractivity contribution in [1.82, 2.24) is 15.0 Å². The van der Waals surface area contributed by atoms with Crippen LogP contribution in [-0.4, -0.2) is 43.5 Å². The highest BCUT2D eigenvalue weighted by atomic mass is 16.4. The molecule has 1 fully saturated rings. The van der Waals surface area contributed by atoms with Crippen molar-refractivity contribution in [1.29, 1.82) is 5.26 Å². The fourth-order valence-electron chi connectivity index (χ4n) is 3.93. The average molecular weight is 511 g/mol. The number of aliphatic imine (C=N–C) groups is 1. The molecule has 38 heavy (non-hydrogen) atoms. The number of rotatable bonds is 9. The lowest BCUT2D eigenvalue weighted by molar-refractivity contribution is -0.137. The lowest BCUT2D eigenvalue weighted by atomic mass is 9.91. The summed E-state index contributed by atoms with van der Waals surface area (Å²) in [5.41, 5.74) is 3.58. The number of nitrogens with one attached hydrogen (secondary N) is 1. The van der Waals surface area contributed by atoms with Gasteiger partial charge in [-0.05, 0) is 43.2 Å². The molecule has 2 aromatic heterocycles. The summed E-state index contributed by atoms with van der Waals surface area (Å²) in [6.45, 7) is 6.65. The van der Waals surface area contributed by atoms with Crippen LogP contribution >= 0.6 is 0 Å². The van der Waals surface area contributed by atoms with Gasteiger partial charge >= 0.3 is 5.97 Å². The molecule has 1 saturated carbocycles. The molecule has 3 aromatic rings. The first-order valence-electron chi connectivity index (χ1n) is 12.2. The number of anilines is 1. The normalized spacial score (nSPS) is 14.7. The van der Waals surface area contributed by atoms with Gasteiger partial charge in [0.2, 0.25) is 5.95 Å². The third-order valence-electron chi connectivity index (χ3n) is 6.18. The van der Waals surface area contributed by atoms with Gasteiger partial charge in [0.05, 0.1) is 53.4 Å². The zero-order valence-corrected chi connectivity index (χ0v) is 21.6. The predicted molar refractivity (Wildman–Crippen MR) is 146 cm³/mol. The summed E-state index contributed by atoms with van der Waals surface area (Å²) < 4.78 is 0. The van der Waals surface area contributed by atoms with Crippen LogP contribution in [0.2, 0.25) is 0 Å². The summed E-state index contributed by atoms with van der Waals surface area (Å²) in [4.78, 5) is 29.8. The molecule has 0 radical (unpaired) electrons. The van der Waals surface area contributed by atoms with E-state index in [2.05, 4.69) is 52.2 Å². The molecule has 4 N–H and O–H groups in total. The largest absolute Gasteiger partial charge is 0.481 e. The quantitative estimate of drug-likeness (QED) is 0.220. The van der Waals surface area contributed by atoms with Gasteiger partial charge in [-0.3, -0.25) is 14.8 Å². The SMILES string of the molecule is CC(C)(C)c1cccc(CN=C/C(=N\N)c2cc(-c3cccc(C#N)c3)nc(NC3(CC(=O)O)CC3)n2)n1. The Morgan fingerprint density at radius 2 is 1.95 bits per heavy atom. The number of aromatic nitrogens is 3. The summed E-state index contributed by atoms with van der Waals surface area (Å²) in [5.74, 6) is 5.10. The Morgan fingerprint density at radius 3 is 2.61 bits per heavy atom. The van der Waals surface area contributed by atoms with Gasteiger partial charge in [-0.1, -0.05) is 39.0 Å². The fourth-order valence-corrected chi connectivity index (χ4v) is 3.93. The van der Waals surface area contributed by atoms with Crippen molar-refractivity contribution in [2.75, 3.05) is 5.32 Å². The van der Waals surface area contributed by atoms with Crippen LogP contribution in [0.4, 0.5) is 5.95 Å². The Balaban J connectivity index is 1.65. The minimum absolute atomic E-state index is 0.0419. The average Bonchev–Trinajstić information content (AvgIpc) is 3.63. The van der Waals surface area contributed by atoms with Crippen LogP contribution in [0.1, 0.15) is 62.7 Å². The van der Waals surface area contributed by atoms with Crippen molar-refractivity contribution in [3.8, 4) is 17.3 Å². The molecule has 194 valence electrons. The summed E-state index contributed by atoms with van der Waals surface area (Å²) in [7, 11) is 0. The van der Waals surface area contributed by atoms with Crippen LogP contribution in [-0.2, 0) is 16.8 Å². The Bertz CT molecular complexity index is 1450. The van der Waals surface area contributed by atoms with E-state index in [1.54, 1.807) is 24.3 Å². The minimum atomic E-state index is -0.895. The standard InChI is InChI=1S/C28H30N8O2/c1-27(2,3)24-9-5-8-20(32-24)16-31-17-23(36-30)22-13-21(19-7-4-6-18(12-19)15-29)33-26(34-22)35-28(10-11-28)14-25(37)38/h4-9,12-13,17H,10-11,14,16,30H2,1-3H3,(H,37,38)(H,33,34,35)/b31-17?,36-23+. The molecule has 1 aromatic carbocycles. The maximum atomic E-state index is 11.4. The molecule has 10 nitrogen and oxygen atoms in total. The van der Waals surface area contributed by atoms with E-state index >= 15 is 0 Å². The van der Waals surface area contributed by atoms with Crippen LogP contribution in [0.15, 0.2) is 58.6 Å². The number of nitriles is 1. The van der Waals surface area contributed by atoms with Gasteiger partial charge in [-0.15, -0.1) is 0 Å². The number of pyridine rings is 1. The van der Waals surface area contributed by atoms with Crippen LogP contribution in [0.3, 0.4) is 0 Å². The molecule has 1 aliphatic carbocycles. The molecule has 0 unspecified atom stereocenters. The highest BCUT2D eigenvalue weighted by molar-refractivity contribution is 6.37. The van der Waals surface area contributed by atoms with E-state index < -0.39 is 11.5 Å². The van der Waals surface area contributed by atoms with Gasteiger partial charge in [-0.2, -0.15) is 10.4 Å². The topological polar surface area (TPSA) is 163 Å². The van der Waals surface area contributed by atoms with Crippen molar-refractivity contribution in [3.63, 3.8) is 0 Å². The van der Waals surface area contributed by atoms with Crippen LogP contribution < -0.4 is 11.2 Å². The predicted octanol–water partition coefficient (Wildman–Crippen LogP) is 4.06. The third-order valence-corrected chi connectivity index (χ3v) is 6.18. The van der Waals surface area contributed by atoms with Crippen molar-refractivity contribution >= 4 is 23.8 Å². The molecule has 0 spiro atoms. The molecule has 10 heteroatoms. The zero-order chi connectivity index (χ0) is 27.3. The Labute approximate surface area is 221 Å². The van der Waals surface area contributed by atoms with Crippen molar-refractivity contribution in [3.05, 3.63) is 71.2 Å². The highest BCUT2D eigenvalue weighted by Crippen LogP contribution is 2.41. The van der Waals surface area contributed by atoms with Crippen LogP contribution in [0.25, 0.3) is 11.3 Å². The van der Waals surface area contributed by atoms with Gasteiger partial charge in [0.25, 0.3) is 0 Å². The Kier molecular flexibility index (Phi) is 7.48. The maximum absolute atomic E-state index is 11.4. The molecule has 0 atom stereocenters. The monoisotopic (exact) mass is 510 g/mol. The van der Waals surface area contributed by atoms with E-state index in [1.807, 2.05) is 24.3 Å². The molecule has 0 saturated heterocycles. The molecule has 2 heterocycles. The number of hydrogen-bond acceptors (Lipinski definition) is 9. The van der Waals surface area contributed by atoms with Crippen molar-refractivity contribution in [2.24, 2.45) is 15.9 Å². The molecule has 1 aliphatic rings. The van der Waals surface area contributed by atoms with Gasteiger partial charge in [0, 0.05) is 16.7 Å². The third kappa shape index (κ3) is 6.56. The van der Waals surface area contributed by atoms with Crippen LogP contribution in [0, 0.1) is 11.3 Å². The van der Waals surface area contributed by atoms with Gasteiger partial charge in [0.1, 0.15) is 5.71 Å². The molecule has 0 amide bonds. The van der Waals surface area contributed by atoms with Crippen LogP contribution in [0.5, 0.6) is 0 Å². The number of carboxylic acid groups (broad SMARTS) is 1. The number of benzene rings is 1. The molecular formula is C28H30N8O2. The van der Waals surface area contributed by atoms with Gasteiger partial charge < -0.3 is 16.3 Å². The fraction of sp³-hybridized carbons (Fsp3) is 0.321. The van der Waals surface area contributed by atoms with E-state index in [4.69, 9.17) is 10.8 Å². The second-order valence-corrected chi connectivity index (χ2v) is 10.4. The molecule has 0 aliphatic heterocycles. The zero-order valence-electron chi connectivity index (χ0n) is 21.6. The number of carboxylic acids is 1. The number of nitrogens with zero attached hydrogens (tertiary/aromatic N) is 6. The molecule has 4 rings (SSSR count). The van der Waals surface area contributed by atoms with Gasteiger partial charge in [-0.25, -0.2) is 9.97 Å².